The summed E-state index contributed by atoms with van der Waals surface area (Å²) in [5, 5.41) is 10.1. The van der Waals surface area contributed by atoms with Crippen LogP contribution in [0.4, 0.5) is 11.4 Å². The molecular weight excluding hydrogens is 588 g/mol. The third kappa shape index (κ3) is 7.60. The molecule has 3 amide bonds. The Morgan fingerprint density at radius 1 is 0.891 bits per heavy atom. The van der Waals surface area contributed by atoms with Crippen molar-refractivity contribution in [3.05, 3.63) is 95.1 Å². The molecule has 0 aromatic heterocycles. The monoisotopic (exact) mass is 626 g/mol. The second kappa shape index (κ2) is 14.8. The lowest BCUT2D eigenvalue weighted by Crippen LogP contribution is -2.50. The molecule has 12 heteroatoms. The number of piperazine rings is 1. The average Bonchev–Trinajstić information content (AvgIpc) is 3.42. The number of likely N-dealkylation sites (N-methyl/N-ethyl adjacent to an activating group) is 1. The van der Waals surface area contributed by atoms with Crippen molar-refractivity contribution in [2.24, 2.45) is 0 Å². The van der Waals surface area contributed by atoms with E-state index in [4.69, 9.17) is 9.57 Å². The maximum Gasteiger partial charge on any atom is 0.337 e. The molecule has 1 fully saturated rings. The number of rotatable bonds is 11. The Kier molecular flexibility index (Phi) is 10.4. The van der Waals surface area contributed by atoms with E-state index >= 15 is 0 Å². The van der Waals surface area contributed by atoms with Gasteiger partial charge in [-0.05, 0) is 42.0 Å². The zero-order chi connectivity index (χ0) is 32.6. The molecule has 1 saturated heterocycles. The number of carbonyl (C=O) groups excluding carboxylic acids is 4. The number of hydrogen-bond donors (Lipinski definition) is 3. The molecule has 240 valence electrons. The molecule has 5 rings (SSSR count). The molecule has 2 heterocycles. The predicted octanol–water partition coefficient (Wildman–Crippen LogP) is 2.77. The van der Waals surface area contributed by atoms with Crippen molar-refractivity contribution < 1.29 is 28.8 Å². The van der Waals surface area contributed by atoms with E-state index in [2.05, 4.69) is 25.8 Å². The minimum Gasteiger partial charge on any atom is -0.465 e. The fourth-order valence-corrected chi connectivity index (χ4v) is 5.39. The number of hydroxylamine groups is 2. The van der Waals surface area contributed by atoms with Gasteiger partial charge in [0.15, 0.2) is 0 Å². The van der Waals surface area contributed by atoms with E-state index < -0.39 is 5.97 Å². The van der Waals surface area contributed by atoms with Gasteiger partial charge in [0.1, 0.15) is 0 Å². The van der Waals surface area contributed by atoms with Crippen LogP contribution in [0.15, 0.2) is 72.8 Å². The highest BCUT2D eigenvalue weighted by Crippen LogP contribution is 2.38. The number of nitrogens with one attached hydrogen (secondary N) is 3. The quantitative estimate of drug-likeness (QED) is 0.167. The molecule has 3 aromatic rings. The van der Waals surface area contributed by atoms with E-state index in [0.29, 0.717) is 59.0 Å². The summed E-state index contributed by atoms with van der Waals surface area (Å²) >= 11 is 0. The highest BCUT2D eigenvalue weighted by molar-refractivity contribution is 6.37. The fourth-order valence-electron chi connectivity index (χ4n) is 5.39. The Bertz CT molecular complexity index is 1620. The molecule has 3 N–H and O–H groups in total. The van der Waals surface area contributed by atoms with E-state index in [1.165, 1.54) is 12.2 Å². The smallest absolute Gasteiger partial charge is 0.337 e. The molecule has 0 saturated carbocycles. The number of fused-ring (bicyclic) bond motifs is 1. The summed E-state index contributed by atoms with van der Waals surface area (Å²) < 4.78 is 4.82. The van der Waals surface area contributed by atoms with Crippen molar-refractivity contribution in [1.29, 1.82) is 0 Å². The van der Waals surface area contributed by atoms with Crippen LogP contribution in [0.25, 0.3) is 11.3 Å². The van der Waals surface area contributed by atoms with Crippen molar-refractivity contribution in [3.63, 3.8) is 0 Å². The molecule has 0 unspecified atom stereocenters. The van der Waals surface area contributed by atoms with Crippen LogP contribution in [-0.2, 0) is 19.2 Å². The lowest BCUT2D eigenvalue weighted by atomic mass is 9.99. The first-order valence-corrected chi connectivity index (χ1v) is 15.0. The summed E-state index contributed by atoms with van der Waals surface area (Å²) in [5.74, 6) is -1.07. The SMILES string of the molecule is CNC(=O)CN1CCN(CCON(C)C(=O)c2ccc(N/C(=C3\C(=O)Nc4cc(C(=O)OC)ccc43)c3ccccc3)cc2)CC1. The molecular formula is C34H38N6O6. The van der Waals surface area contributed by atoms with Gasteiger partial charge >= 0.3 is 5.97 Å². The summed E-state index contributed by atoms with van der Waals surface area (Å²) in [7, 11) is 4.54. The van der Waals surface area contributed by atoms with Crippen LogP contribution in [0.5, 0.6) is 0 Å². The number of nitrogens with zero attached hydrogens (tertiary/aromatic N) is 3. The number of ether oxygens (including phenoxy) is 1. The van der Waals surface area contributed by atoms with Gasteiger partial charge in [-0.25, -0.2) is 9.86 Å². The Balaban J connectivity index is 1.23. The van der Waals surface area contributed by atoms with Gasteiger partial charge in [-0.3, -0.25) is 29.0 Å². The summed E-state index contributed by atoms with van der Waals surface area (Å²) in [5.41, 5.74) is 4.43. The van der Waals surface area contributed by atoms with Gasteiger partial charge in [0.05, 0.1) is 42.8 Å². The number of esters is 1. The zero-order valence-electron chi connectivity index (χ0n) is 26.2. The van der Waals surface area contributed by atoms with E-state index in [9.17, 15) is 19.2 Å². The molecule has 12 nitrogen and oxygen atoms in total. The first-order valence-electron chi connectivity index (χ1n) is 15.0. The van der Waals surface area contributed by atoms with E-state index in [1.54, 1.807) is 56.6 Å². The Labute approximate surface area is 267 Å². The minimum absolute atomic E-state index is 0.0121. The van der Waals surface area contributed by atoms with Crippen LogP contribution in [0, 0.1) is 0 Å². The largest absolute Gasteiger partial charge is 0.465 e. The normalized spacial score (nSPS) is 15.8. The van der Waals surface area contributed by atoms with Crippen LogP contribution in [-0.4, -0.2) is 106 Å². The maximum atomic E-state index is 13.2. The van der Waals surface area contributed by atoms with Gasteiger partial charge < -0.3 is 20.7 Å². The summed E-state index contributed by atoms with van der Waals surface area (Å²) in [6.45, 7) is 4.70. The minimum atomic E-state index is -0.490. The number of methoxy groups -OCH3 is 1. The van der Waals surface area contributed by atoms with Crippen molar-refractivity contribution in [2.45, 2.75) is 0 Å². The van der Waals surface area contributed by atoms with Crippen molar-refractivity contribution in [2.75, 3.05) is 77.7 Å². The topological polar surface area (TPSA) is 133 Å². The summed E-state index contributed by atoms with van der Waals surface area (Å²) in [6, 6.07) is 21.4. The number of hydrogen-bond acceptors (Lipinski definition) is 9. The van der Waals surface area contributed by atoms with Crippen molar-refractivity contribution in [3.8, 4) is 0 Å². The number of carbonyl (C=O) groups is 4. The third-order valence-corrected chi connectivity index (χ3v) is 7.99. The van der Waals surface area contributed by atoms with Gasteiger partial charge in [0.2, 0.25) is 5.91 Å². The molecule has 0 atom stereocenters. The molecule has 3 aromatic carbocycles. The fraction of sp³-hybridized carbons (Fsp3) is 0.294. The molecule has 0 radical (unpaired) electrons. The third-order valence-electron chi connectivity index (χ3n) is 7.99. The van der Waals surface area contributed by atoms with E-state index in [1.807, 2.05) is 30.3 Å². The van der Waals surface area contributed by atoms with E-state index in [0.717, 1.165) is 31.7 Å². The van der Waals surface area contributed by atoms with Gasteiger partial charge in [0, 0.05) is 63.6 Å². The van der Waals surface area contributed by atoms with Gasteiger partial charge in [-0.1, -0.05) is 36.4 Å². The number of benzene rings is 3. The Morgan fingerprint density at radius 2 is 1.57 bits per heavy atom. The molecule has 0 aliphatic carbocycles. The average molecular weight is 627 g/mol. The maximum absolute atomic E-state index is 13.2. The van der Waals surface area contributed by atoms with Gasteiger partial charge in [-0.15, -0.1) is 0 Å². The second-order valence-corrected chi connectivity index (χ2v) is 11.0. The Hall–Kier alpha value is -5.04. The van der Waals surface area contributed by atoms with Gasteiger partial charge in [-0.2, -0.15) is 0 Å². The van der Waals surface area contributed by atoms with Crippen molar-refractivity contribution >= 4 is 46.3 Å². The number of anilines is 2. The first kappa shape index (κ1) is 32.4. The molecule has 46 heavy (non-hydrogen) atoms. The second-order valence-electron chi connectivity index (χ2n) is 11.0. The van der Waals surface area contributed by atoms with Crippen LogP contribution < -0.4 is 16.0 Å². The van der Waals surface area contributed by atoms with Crippen molar-refractivity contribution in [1.82, 2.24) is 20.2 Å². The van der Waals surface area contributed by atoms with Crippen LogP contribution in [0.1, 0.15) is 31.8 Å². The van der Waals surface area contributed by atoms with Gasteiger partial charge in [0.25, 0.3) is 11.8 Å². The van der Waals surface area contributed by atoms with Crippen LogP contribution >= 0.6 is 0 Å². The molecule has 2 aliphatic rings. The first-order chi connectivity index (χ1) is 22.3. The summed E-state index contributed by atoms with van der Waals surface area (Å²) in [4.78, 5) is 60.1. The standard InChI is InChI=1S/C34H38N6O6/c1-35-29(41)22-40-17-15-39(16-18-40)19-20-46-38(2)33(43)24-9-12-26(13-10-24)36-31(23-7-5-4-6-8-23)30-27-14-11-25(34(44)45-3)21-28(27)37-32(30)42/h4-14,21,36H,15-20,22H2,1-3H3,(H,35,41)(H,37,42)/b31-30-. The van der Waals surface area contributed by atoms with Crippen LogP contribution in [0.3, 0.4) is 0 Å². The number of amides is 3. The lowest BCUT2D eigenvalue weighted by molar-refractivity contribution is -0.122. The van der Waals surface area contributed by atoms with E-state index in [-0.39, 0.29) is 17.7 Å². The highest BCUT2D eigenvalue weighted by atomic mass is 16.7. The molecule has 0 bridgehead atoms. The predicted molar refractivity (Wildman–Crippen MR) is 175 cm³/mol. The Morgan fingerprint density at radius 3 is 2.24 bits per heavy atom. The molecule has 2 aliphatic heterocycles. The summed E-state index contributed by atoms with van der Waals surface area (Å²) in [6.07, 6.45) is 0. The highest BCUT2D eigenvalue weighted by Gasteiger charge is 2.29. The molecule has 0 spiro atoms. The van der Waals surface area contributed by atoms with Crippen LogP contribution in [0.2, 0.25) is 0 Å². The zero-order valence-corrected chi connectivity index (χ0v) is 26.2. The lowest BCUT2D eigenvalue weighted by Gasteiger charge is -2.34.